The monoisotopic (exact) mass is 960 g/mol. The number of nitrogens with zero attached hydrogens (tertiary/aromatic N) is 2. The molecule has 6 aromatic rings. The summed E-state index contributed by atoms with van der Waals surface area (Å²) in [6, 6.07) is 23.5. The molecule has 0 N–H and O–H groups in total. The van der Waals surface area contributed by atoms with Gasteiger partial charge in [0.2, 0.25) is 13.6 Å². The number of thiazole rings is 2. The highest BCUT2D eigenvalue weighted by Crippen LogP contribution is 2.44. The molecular weight excluding hydrogens is 917 g/mol. The van der Waals surface area contributed by atoms with Crippen LogP contribution in [0.25, 0.3) is 30.4 Å². The lowest BCUT2D eigenvalue weighted by atomic mass is 9.82. The minimum atomic E-state index is -0.613. The Balaban J connectivity index is 0.875. The summed E-state index contributed by atoms with van der Waals surface area (Å²) in [6.45, 7) is 6.07. The van der Waals surface area contributed by atoms with Crippen LogP contribution in [-0.2, 0) is 38.2 Å². The number of ether oxygens (including phenoxy) is 8. The second kappa shape index (κ2) is 21.9. The average molecular weight is 961 g/mol. The summed E-state index contributed by atoms with van der Waals surface area (Å²) in [5.41, 5.74) is 1.15. The van der Waals surface area contributed by atoms with Crippen LogP contribution in [0.1, 0.15) is 51.4 Å². The molecule has 0 saturated heterocycles. The van der Waals surface area contributed by atoms with E-state index in [-0.39, 0.29) is 25.1 Å². The maximum atomic E-state index is 13.7. The highest BCUT2D eigenvalue weighted by Gasteiger charge is 2.35. The van der Waals surface area contributed by atoms with Gasteiger partial charge in [0.15, 0.2) is 21.5 Å². The molecule has 0 bridgehead atoms. The first-order valence-electron chi connectivity index (χ1n) is 21.7. The highest BCUT2D eigenvalue weighted by molar-refractivity contribution is 7.28. The minimum absolute atomic E-state index is 0.205. The van der Waals surface area contributed by atoms with E-state index >= 15 is 0 Å². The van der Waals surface area contributed by atoms with Gasteiger partial charge in [-0.05, 0) is 124 Å². The fraction of sp³-hybridized carbons (Fsp3) is 0.280. The number of para-hydroxylation sites is 1. The summed E-state index contributed by atoms with van der Waals surface area (Å²) < 4.78 is 45.1. The molecule has 0 radical (unpaired) electrons. The van der Waals surface area contributed by atoms with Crippen LogP contribution in [-0.4, -0.2) is 59.4 Å². The lowest BCUT2D eigenvalue weighted by Gasteiger charge is -2.26. The normalized spacial score (nSPS) is 17.8. The van der Waals surface area contributed by atoms with Crippen molar-refractivity contribution in [1.82, 2.24) is 9.97 Å². The van der Waals surface area contributed by atoms with Crippen molar-refractivity contribution in [3.8, 4) is 44.5 Å². The van der Waals surface area contributed by atoms with Crippen molar-refractivity contribution in [3.63, 3.8) is 0 Å². The molecule has 0 atom stereocenters. The summed E-state index contributed by atoms with van der Waals surface area (Å²) in [6.07, 6.45) is 5.38. The second-order valence-corrected chi connectivity index (χ2v) is 17.9. The number of hydrogen-bond donors (Lipinski definition) is 0. The Bertz CT molecular complexity index is 2650. The molecule has 2 fully saturated rings. The van der Waals surface area contributed by atoms with Gasteiger partial charge in [0.1, 0.15) is 33.2 Å². The maximum Gasteiger partial charge on any atom is 0.333 e. The van der Waals surface area contributed by atoms with E-state index in [0.29, 0.717) is 94.6 Å². The molecule has 2 saturated carbocycles. The molecule has 0 amide bonds. The second-order valence-electron chi connectivity index (χ2n) is 15.8. The summed E-state index contributed by atoms with van der Waals surface area (Å²) in [4.78, 5) is 85.6. The van der Waals surface area contributed by atoms with Gasteiger partial charge in [-0.15, -0.1) is 22.7 Å². The van der Waals surface area contributed by atoms with Gasteiger partial charge in [-0.2, -0.15) is 0 Å². The van der Waals surface area contributed by atoms with Gasteiger partial charge in [0, 0.05) is 12.2 Å². The Morgan fingerprint density at radius 1 is 0.500 bits per heavy atom. The Morgan fingerprint density at radius 3 is 1.38 bits per heavy atom. The third-order valence-corrected chi connectivity index (χ3v) is 13.7. The van der Waals surface area contributed by atoms with Crippen LogP contribution in [0.4, 0.5) is 0 Å². The highest BCUT2D eigenvalue weighted by atomic mass is 32.1. The quantitative estimate of drug-likeness (QED) is 0.0362. The van der Waals surface area contributed by atoms with Crippen LogP contribution in [0.2, 0.25) is 0 Å². The van der Waals surface area contributed by atoms with Crippen molar-refractivity contribution < 1.29 is 66.7 Å². The number of benzene rings is 4. The van der Waals surface area contributed by atoms with E-state index < -0.39 is 59.5 Å². The van der Waals surface area contributed by atoms with Crippen molar-refractivity contribution in [3.05, 3.63) is 110 Å². The van der Waals surface area contributed by atoms with E-state index in [4.69, 9.17) is 47.9 Å². The van der Waals surface area contributed by atoms with Crippen molar-refractivity contribution >= 4 is 78.9 Å². The number of fused-ring (bicyclic) bond motifs is 2. The third-order valence-electron chi connectivity index (χ3n) is 11.4. The Morgan fingerprint density at radius 2 is 0.912 bits per heavy atom. The lowest BCUT2D eigenvalue weighted by Crippen LogP contribution is -2.30. The van der Waals surface area contributed by atoms with Gasteiger partial charge in [-0.25, -0.2) is 19.6 Å². The molecule has 2 aliphatic rings. The van der Waals surface area contributed by atoms with Gasteiger partial charge >= 0.3 is 35.8 Å². The van der Waals surface area contributed by atoms with Crippen molar-refractivity contribution in [1.29, 1.82) is 0 Å². The van der Waals surface area contributed by atoms with Crippen LogP contribution >= 0.6 is 22.7 Å². The predicted molar refractivity (Wildman–Crippen MR) is 248 cm³/mol. The van der Waals surface area contributed by atoms with E-state index in [1.54, 1.807) is 60.7 Å². The Kier molecular flexibility index (Phi) is 15.2. The minimum Gasteiger partial charge on any atom is -0.457 e. The molecule has 8 rings (SSSR count). The molecule has 2 aliphatic carbocycles. The first kappa shape index (κ1) is 47.1. The zero-order chi connectivity index (χ0) is 47.6. The average Bonchev–Trinajstić information content (AvgIpc) is 4.02. The van der Waals surface area contributed by atoms with Crippen LogP contribution in [0, 0.1) is 23.7 Å². The zero-order valence-electron chi connectivity index (χ0n) is 36.5. The third kappa shape index (κ3) is 11.7. The van der Waals surface area contributed by atoms with Gasteiger partial charge in [0.05, 0.1) is 33.9 Å². The van der Waals surface area contributed by atoms with Crippen molar-refractivity contribution in [2.75, 3.05) is 13.6 Å². The van der Waals surface area contributed by atoms with Crippen LogP contribution in [0.3, 0.4) is 0 Å². The molecular formula is C50H44N2O14S2. The van der Waals surface area contributed by atoms with Crippen LogP contribution in [0.5, 0.6) is 34.5 Å². The van der Waals surface area contributed by atoms with E-state index in [9.17, 15) is 28.8 Å². The molecule has 4 aromatic carbocycles. The molecule has 350 valence electrons. The molecule has 2 aromatic heterocycles. The summed E-state index contributed by atoms with van der Waals surface area (Å²) >= 11 is 2.74. The van der Waals surface area contributed by atoms with Crippen LogP contribution in [0.15, 0.2) is 110 Å². The number of hydrogen-bond acceptors (Lipinski definition) is 18. The Hall–Kier alpha value is -7.44. The number of esters is 6. The number of rotatable bonds is 17. The smallest absolute Gasteiger partial charge is 0.333 e. The van der Waals surface area contributed by atoms with Gasteiger partial charge in [-0.3, -0.25) is 19.2 Å². The zero-order valence-corrected chi connectivity index (χ0v) is 38.1. The largest absolute Gasteiger partial charge is 0.457 e. The van der Waals surface area contributed by atoms with Crippen molar-refractivity contribution in [2.45, 2.75) is 51.4 Å². The first-order chi connectivity index (χ1) is 33.0. The molecule has 68 heavy (non-hydrogen) atoms. The number of aromatic nitrogens is 2. The lowest BCUT2D eigenvalue weighted by molar-refractivity contribution is -0.145. The topological polar surface area (TPSA) is 202 Å². The van der Waals surface area contributed by atoms with Crippen molar-refractivity contribution in [2.24, 2.45) is 23.7 Å². The molecule has 18 heteroatoms. The maximum absolute atomic E-state index is 13.7. The molecule has 0 spiro atoms. The number of carbonyl (C=O) groups excluding carboxylic acids is 6. The van der Waals surface area contributed by atoms with Gasteiger partial charge < -0.3 is 37.9 Å². The van der Waals surface area contributed by atoms with E-state index in [1.165, 1.54) is 22.7 Å². The molecule has 2 heterocycles. The fourth-order valence-electron chi connectivity index (χ4n) is 7.73. The fourth-order valence-corrected chi connectivity index (χ4v) is 9.74. The van der Waals surface area contributed by atoms with Crippen LogP contribution < -0.4 is 28.4 Å². The van der Waals surface area contributed by atoms with E-state index in [2.05, 4.69) is 13.2 Å². The predicted octanol–water partition coefficient (Wildman–Crippen LogP) is 9.34. The van der Waals surface area contributed by atoms with Gasteiger partial charge in [-0.1, -0.05) is 25.3 Å². The first-order valence-corrected chi connectivity index (χ1v) is 23.4. The van der Waals surface area contributed by atoms with Gasteiger partial charge in [0.25, 0.3) is 0 Å². The molecule has 0 aliphatic heterocycles. The summed E-state index contributed by atoms with van der Waals surface area (Å²) in [5, 5.41) is 1.22. The summed E-state index contributed by atoms with van der Waals surface area (Å²) in [5.74, 6) is -2.77. The SMILES string of the molecule is C=CC(=O)OCOc1ccc(OC(=O)C2CCC(C(=O)Oc3ccc(OC(=O)C4CCC(C(=O)Oc5ccc(OCOC(=O)C=C)cc5)CC4)c4sc(-c5nc6ccccc6s5)nc34)CC2)cc1. The standard InChI is InChI=1S/C50H44N2O14S2/c1-3-41(53)61-27-59-33-17-21-35(22-18-33)63-47(55)29-9-13-31(14-10-29)49(57)65-38-25-26-39(44-43(38)52-46(68-44)45-51-37-7-5-6-8-40(37)67-45)66-50(58)32-15-11-30(12-16-32)48(56)64-36-23-19-34(20-24-36)60-28-62-42(54)4-2/h3-8,17-26,29-32H,1-2,9-16,27-28H2. The van der Waals surface area contributed by atoms with E-state index in [1.807, 2.05) is 24.3 Å². The summed E-state index contributed by atoms with van der Waals surface area (Å²) in [7, 11) is 0. The number of carbonyl (C=O) groups is 6. The van der Waals surface area contributed by atoms with E-state index in [0.717, 1.165) is 22.4 Å². The Labute approximate surface area is 397 Å². The molecule has 0 unspecified atom stereocenters. The molecule has 16 nitrogen and oxygen atoms in total.